The molecular weight excluding hydrogens is 425 g/mol. The normalized spacial score (nSPS) is 19.3. The molecule has 3 aromatic rings. The van der Waals surface area contributed by atoms with Gasteiger partial charge in [-0.25, -0.2) is 0 Å². The molecule has 0 aromatic carbocycles. The number of nitrogens with one attached hydrogen (secondary N) is 1. The Morgan fingerprint density at radius 1 is 1.34 bits per heavy atom. The van der Waals surface area contributed by atoms with Crippen molar-refractivity contribution in [3.8, 4) is 0 Å². The van der Waals surface area contributed by atoms with E-state index in [4.69, 9.17) is 15.9 Å². The summed E-state index contributed by atoms with van der Waals surface area (Å²) in [7, 11) is 0. The zero-order valence-corrected chi connectivity index (χ0v) is 17.3. The number of fused-ring (bicyclic) bond motifs is 1. The molecule has 3 aromatic heterocycles. The summed E-state index contributed by atoms with van der Waals surface area (Å²) in [6, 6.07) is 2.65. The van der Waals surface area contributed by atoms with Crippen LogP contribution in [0.1, 0.15) is 29.3 Å². The molecule has 0 aliphatic carbocycles. The third-order valence-corrected chi connectivity index (χ3v) is 5.58. The summed E-state index contributed by atoms with van der Waals surface area (Å²) in [6.07, 6.45) is 0.687. The second-order valence-corrected chi connectivity index (χ2v) is 7.87. The topological polar surface area (TPSA) is 123 Å². The van der Waals surface area contributed by atoms with Gasteiger partial charge in [-0.3, -0.25) is 14.8 Å². The number of aromatic nitrogens is 2. The molecule has 11 heteroatoms. The van der Waals surface area contributed by atoms with Crippen LogP contribution in [0.2, 0.25) is 0 Å². The summed E-state index contributed by atoms with van der Waals surface area (Å²) >= 11 is 0. The van der Waals surface area contributed by atoms with Gasteiger partial charge in [-0.15, -0.1) is 0 Å². The Bertz CT molecular complexity index is 1150. The number of carbonyl (C=O) groups excluding carboxylic acids is 1. The molecular formula is C21H23F3N6O2. The molecule has 1 aliphatic rings. The molecule has 5 N–H and O–H groups in total. The van der Waals surface area contributed by atoms with Crippen molar-refractivity contribution in [3.05, 3.63) is 41.9 Å². The zero-order chi connectivity index (χ0) is 23.0. The van der Waals surface area contributed by atoms with E-state index in [0.29, 0.717) is 16.8 Å². The monoisotopic (exact) mass is 448 g/mol. The molecule has 8 nitrogen and oxygen atoms in total. The number of anilines is 3. The quantitative estimate of drug-likeness (QED) is 0.559. The van der Waals surface area contributed by atoms with E-state index in [1.54, 1.807) is 18.3 Å². The van der Waals surface area contributed by atoms with Crippen molar-refractivity contribution in [3.63, 3.8) is 0 Å². The maximum Gasteiger partial charge on any atom is 0.393 e. The lowest BCUT2D eigenvalue weighted by Gasteiger charge is -2.39. The first-order valence-corrected chi connectivity index (χ1v) is 10.2. The minimum atomic E-state index is -4.36. The lowest BCUT2D eigenvalue weighted by atomic mass is 9.93. The molecule has 1 aliphatic heterocycles. The van der Waals surface area contributed by atoms with Crippen molar-refractivity contribution in [2.45, 2.75) is 32.0 Å². The van der Waals surface area contributed by atoms with E-state index in [1.165, 1.54) is 17.3 Å². The van der Waals surface area contributed by atoms with E-state index in [9.17, 15) is 18.0 Å². The number of alkyl halides is 3. The molecule has 2 atom stereocenters. The molecule has 4 heterocycles. The van der Waals surface area contributed by atoms with Crippen LogP contribution >= 0.6 is 0 Å². The smallest absolute Gasteiger partial charge is 0.393 e. The first-order chi connectivity index (χ1) is 15.2. The number of amides is 1. The minimum absolute atomic E-state index is 0.0565. The maximum atomic E-state index is 13.4. The van der Waals surface area contributed by atoms with E-state index in [-0.39, 0.29) is 36.6 Å². The van der Waals surface area contributed by atoms with Gasteiger partial charge in [-0.1, -0.05) is 6.92 Å². The second kappa shape index (κ2) is 8.30. The molecule has 4 rings (SSSR count). The van der Waals surface area contributed by atoms with Gasteiger partial charge in [0.25, 0.3) is 5.91 Å². The zero-order valence-electron chi connectivity index (χ0n) is 17.3. The van der Waals surface area contributed by atoms with Crippen LogP contribution in [0.4, 0.5) is 30.4 Å². The second-order valence-electron chi connectivity index (χ2n) is 7.87. The average molecular weight is 448 g/mol. The van der Waals surface area contributed by atoms with Crippen LogP contribution in [-0.4, -0.2) is 41.2 Å². The van der Waals surface area contributed by atoms with E-state index in [0.717, 1.165) is 12.0 Å². The van der Waals surface area contributed by atoms with Crippen LogP contribution in [0.15, 0.2) is 35.1 Å². The number of furan rings is 1. The van der Waals surface area contributed by atoms with Crippen LogP contribution in [-0.2, 0) is 6.42 Å². The van der Waals surface area contributed by atoms with E-state index >= 15 is 0 Å². The van der Waals surface area contributed by atoms with Gasteiger partial charge in [-0.05, 0) is 30.5 Å². The third-order valence-electron chi connectivity index (χ3n) is 5.58. The first kappa shape index (κ1) is 21.9. The summed E-state index contributed by atoms with van der Waals surface area (Å²) in [4.78, 5) is 22.9. The molecule has 1 fully saturated rings. The van der Waals surface area contributed by atoms with Gasteiger partial charge >= 0.3 is 6.18 Å². The largest absolute Gasteiger partial charge is 0.438 e. The summed E-state index contributed by atoms with van der Waals surface area (Å²) in [5, 5.41) is 2.70. The molecule has 1 saturated heterocycles. The predicted molar refractivity (Wildman–Crippen MR) is 114 cm³/mol. The average Bonchev–Trinajstić information content (AvgIpc) is 3.07. The van der Waals surface area contributed by atoms with Crippen molar-refractivity contribution in [1.82, 2.24) is 9.97 Å². The number of nitrogens with two attached hydrogens (primary N) is 2. The third kappa shape index (κ3) is 4.20. The highest BCUT2D eigenvalue weighted by Crippen LogP contribution is 2.37. The van der Waals surface area contributed by atoms with Gasteiger partial charge in [0, 0.05) is 31.5 Å². The number of hydrogen-bond donors (Lipinski definition) is 3. The number of hydrogen-bond acceptors (Lipinski definition) is 7. The Kier molecular flexibility index (Phi) is 5.68. The highest BCUT2D eigenvalue weighted by Gasteiger charge is 2.44. The van der Waals surface area contributed by atoms with Crippen molar-refractivity contribution in [2.24, 2.45) is 11.7 Å². The SMILES string of the molecule is CCc1cnc2c(C(=O)Nc3cnccc3N3CC(N)CC(C(F)(F)F)C3)c(N)oc2c1. The molecule has 0 saturated carbocycles. The van der Waals surface area contributed by atoms with Crippen LogP contribution < -0.4 is 21.7 Å². The molecule has 0 bridgehead atoms. The molecule has 2 unspecified atom stereocenters. The number of halogens is 3. The van der Waals surface area contributed by atoms with Gasteiger partial charge < -0.3 is 26.1 Å². The van der Waals surface area contributed by atoms with Gasteiger partial charge in [0.15, 0.2) is 5.58 Å². The Morgan fingerprint density at radius 3 is 2.84 bits per heavy atom. The number of nitrogens with zero attached hydrogens (tertiary/aromatic N) is 3. The van der Waals surface area contributed by atoms with Crippen molar-refractivity contribution < 1.29 is 22.4 Å². The lowest BCUT2D eigenvalue weighted by molar-refractivity contribution is -0.177. The predicted octanol–water partition coefficient (Wildman–Crippen LogP) is 3.34. The Balaban J connectivity index is 1.63. The fraction of sp³-hybridized carbons (Fsp3) is 0.381. The number of rotatable bonds is 4. The van der Waals surface area contributed by atoms with Crippen LogP contribution in [0.3, 0.4) is 0 Å². The summed E-state index contributed by atoms with van der Waals surface area (Å²) in [5.41, 5.74) is 14.1. The summed E-state index contributed by atoms with van der Waals surface area (Å²) < 4.78 is 45.6. The Labute approximate surface area is 181 Å². The lowest BCUT2D eigenvalue weighted by Crippen LogP contribution is -2.51. The van der Waals surface area contributed by atoms with E-state index in [2.05, 4.69) is 15.3 Å². The highest BCUT2D eigenvalue weighted by molar-refractivity contribution is 6.15. The minimum Gasteiger partial charge on any atom is -0.438 e. The van der Waals surface area contributed by atoms with Crippen LogP contribution in [0.25, 0.3) is 11.1 Å². The van der Waals surface area contributed by atoms with Gasteiger partial charge in [0.1, 0.15) is 11.1 Å². The van der Waals surface area contributed by atoms with Crippen molar-refractivity contribution >= 4 is 34.3 Å². The van der Waals surface area contributed by atoms with Crippen molar-refractivity contribution in [1.29, 1.82) is 0 Å². The highest BCUT2D eigenvalue weighted by atomic mass is 19.4. The fourth-order valence-electron chi connectivity index (χ4n) is 3.97. The Hall–Kier alpha value is -3.34. The molecule has 0 radical (unpaired) electrons. The summed E-state index contributed by atoms with van der Waals surface area (Å²) in [5.74, 6) is -2.25. The van der Waals surface area contributed by atoms with Crippen LogP contribution in [0, 0.1) is 5.92 Å². The maximum absolute atomic E-state index is 13.4. The van der Waals surface area contributed by atoms with E-state index in [1.807, 2.05) is 6.92 Å². The van der Waals surface area contributed by atoms with Crippen molar-refractivity contribution in [2.75, 3.05) is 29.0 Å². The molecule has 1 amide bonds. The number of nitrogen functional groups attached to an aromatic ring is 1. The number of aryl methyl sites for hydroxylation is 1. The van der Waals surface area contributed by atoms with Crippen LogP contribution in [0.5, 0.6) is 0 Å². The Morgan fingerprint density at radius 2 is 2.12 bits per heavy atom. The van der Waals surface area contributed by atoms with Gasteiger partial charge in [0.05, 0.1) is 23.5 Å². The molecule has 0 spiro atoms. The van der Waals surface area contributed by atoms with Gasteiger partial charge in [0.2, 0.25) is 5.88 Å². The summed E-state index contributed by atoms with van der Waals surface area (Å²) in [6.45, 7) is 1.92. The standard InChI is InChI=1S/C21H23F3N6O2/c1-2-11-5-16-18(28-7-11)17(19(26)32-16)20(31)29-14-8-27-4-3-15(14)30-9-12(21(22,23)24)6-13(25)10-30/h3-5,7-8,12-13H,2,6,9-10,25-26H2,1H3,(H,29,31). The van der Waals surface area contributed by atoms with Gasteiger partial charge in [-0.2, -0.15) is 13.2 Å². The number of piperidine rings is 1. The number of carbonyl (C=O) groups is 1. The molecule has 170 valence electrons. The number of pyridine rings is 2. The van der Waals surface area contributed by atoms with E-state index < -0.39 is 24.0 Å². The fourth-order valence-corrected chi connectivity index (χ4v) is 3.97. The molecule has 32 heavy (non-hydrogen) atoms. The first-order valence-electron chi connectivity index (χ1n) is 10.2.